The van der Waals surface area contributed by atoms with Crippen LogP contribution in [0.3, 0.4) is 0 Å². The lowest BCUT2D eigenvalue weighted by Gasteiger charge is -2.04. The van der Waals surface area contributed by atoms with Crippen LogP contribution in [0.25, 0.3) is 6.08 Å². The maximum Gasteiger partial charge on any atom is 0.349 e. The maximum atomic E-state index is 12.0. The van der Waals surface area contributed by atoms with E-state index in [-0.39, 0.29) is 11.4 Å². The van der Waals surface area contributed by atoms with Gasteiger partial charge in [-0.2, -0.15) is 5.26 Å². The van der Waals surface area contributed by atoms with E-state index >= 15 is 0 Å². The summed E-state index contributed by atoms with van der Waals surface area (Å²) in [6, 6.07) is 15.3. The Bertz CT molecular complexity index is 833. The van der Waals surface area contributed by atoms with Crippen molar-refractivity contribution in [3.63, 3.8) is 0 Å². The molecule has 0 radical (unpaired) electrons. The number of hydrogen-bond acceptors (Lipinski definition) is 5. The summed E-state index contributed by atoms with van der Waals surface area (Å²) < 4.78 is 10.8. The van der Waals surface area contributed by atoms with Gasteiger partial charge in [-0.1, -0.05) is 40.2 Å². The van der Waals surface area contributed by atoms with E-state index in [9.17, 15) is 9.59 Å². The van der Waals surface area contributed by atoms with Crippen molar-refractivity contribution in [3.05, 3.63) is 69.7 Å². The second-order valence-electron chi connectivity index (χ2n) is 4.95. The number of nitriles is 1. The monoisotopic (exact) mass is 399 g/mol. The third-order valence-electron chi connectivity index (χ3n) is 3.27. The highest BCUT2D eigenvalue weighted by molar-refractivity contribution is 9.10. The van der Waals surface area contributed by atoms with Gasteiger partial charge in [-0.3, -0.25) is 4.79 Å². The van der Waals surface area contributed by atoms with Crippen LogP contribution in [-0.2, 0) is 9.53 Å². The van der Waals surface area contributed by atoms with Gasteiger partial charge in [0.25, 0.3) is 0 Å². The molecule has 126 valence electrons. The van der Waals surface area contributed by atoms with Gasteiger partial charge in [-0.15, -0.1) is 0 Å². The number of methoxy groups -OCH3 is 1. The molecule has 2 aromatic rings. The first kappa shape index (κ1) is 18.4. The van der Waals surface area contributed by atoms with Crippen LogP contribution in [0.2, 0.25) is 0 Å². The van der Waals surface area contributed by atoms with Gasteiger partial charge in [-0.25, -0.2) is 4.79 Å². The highest BCUT2D eigenvalue weighted by atomic mass is 79.9. The Morgan fingerprint density at radius 1 is 1.12 bits per heavy atom. The Labute approximate surface area is 153 Å². The van der Waals surface area contributed by atoms with Crippen LogP contribution >= 0.6 is 15.9 Å². The molecule has 0 aliphatic heterocycles. The quantitative estimate of drug-likeness (QED) is 0.319. The highest BCUT2D eigenvalue weighted by Crippen LogP contribution is 2.15. The van der Waals surface area contributed by atoms with Crippen molar-refractivity contribution in [3.8, 4) is 11.8 Å². The van der Waals surface area contributed by atoms with E-state index in [2.05, 4.69) is 15.9 Å². The summed E-state index contributed by atoms with van der Waals surface area (Å²) in [6.07, 6.45) is 1.39. The van der Waals surface area contributed by atoms with Crippen molar-refractivity contribution in [2.45, 2.75) is 0 Å². The number of benzene rings is 2. The Morgan fingerprint density at radius 3 is 2.32 bits per heavy atom. The molecule has 0 saturated carbocycles. The third-order valence-corrected chi connectivity index (χ3v) is 3.80. The fraction of sp³-hybridized carbons (Fsp3) is 0.105. The van der Waals surface area contributed by atoms with Crippen LogP contribution in [-0.4, -0.2) is 25.5 Å². The summed E-state index contributed by atoms with van der Waals surface area (Å²) in [7, 11) is 1.55. The SMILES string of the molecule is COc1ccc(C=C(C#N)C(=O)OCC(=O)c2ccc(Br)cc2)cc1. The molecule has 25 heavy (non-hydrogen) atoms. The molecule has 0 fully saturated rings. The van der Waals surface area contributed by atoms with Crippen molar-refractivity contribution >= 4 is 33.8 Å². The second-order valence-corrected chi connectivity index (χ2v) is 5.86. The van der Waals surface area contributed by atoms with E-state index in [4.69, 9.17) is 14.7 Å². The van der Waals surface area contributed by atoms with Gasteiger partial charge in [0.05, 0.1) is 7.11 Å². The number of Topliss-reactive ketones (excluding diaryl/α,β-unsaturated/α-hetero) is 1. The molecule has 0 unspecified atom stereocenters. The minimum Gasteiger partial charge on any atom is -0.497 e. The average molecular weight is 400 g/mol. The Balaban J connectivity index is 2.01. The fourth-order valence-corrected chi connectivity index (χ4v) is 2.20. The first-order chi connectivity index (χ1) is 12.0. The van der Waals surface area contributed by atoms with Gasteiger partial charge in [0.1, 0.15) is 17.4 Å². The number of rotatable bonds is 6. The topological polar surface area (TPSA) is 76.4 Å². The van der Waals surface area contributed by atoms with Crippen LogP contribution in [0.15, 0.2) is 58.6 Å². The smallest absolute Gasteiger partial charge is 0.349 e. The molecule has 0 aliphatic carbocycles. The minimum atomic E-state index is -0.844. The van der Waals surface area contributed by atoms with Gasteiger partial charge in [0, 0.05) is 10.0 Å². The van der Waals surface area contributed by atoms with E-state index in [1.807, 2.05) is 0 Å². The molecule has 0 N–H and O–H groups in total. The van der Waals surface area contributed by atoms with Crippen molar-refractivity contribution < 1.29 is 19.1 Å². The minimum absolute atomic E-state index is 0.186. The molecule has 5 nitrogen and oxygen atoms in total. The molecular weight excluding hydrogens is 386 g/mol. The Kier molecular flexibility index (Phi) is 6.49. The lowest BCUT2D eigenvalue weighted by Crippen LogP contribution is -2.15. The van der Waals surface area contributed by atoms with Crippen molar-refractivity contribution in [2.24, 2.45) is 0 Å². The standard InChI is InChI=1S/C19H14BrNO4/c1-24-17-8-2-13(3-9-17)10-15(11-21)19(23)25-12-18(22)14-4-6-16(20)7-5-14/h2-10H,12H2,1H3. The number of nitrogens with zero attached hydrogens (tertiary/aromatic N) is 1. The molecule has 0 heterocycles. The average Bonchev–Trinajstić information content (AvgIpc) is 2.65. The van der Waals surface area contributed by atoms with E-state index in [0.717, 1.165) is 4.47 Å². The van der Waals surface area contributed by atoms with Crippen LogP contribution in [0.4, 0.5) is 0 Å². The number of halogens is 1. The summed E-state index contributed by atoms with van der Waals surface area (Å²) >= 11 is 3.28. The summed E-state index contributed by atoms with van der Waals surface area (Å²) in [5, 5.41) is 9.14. The molecule has 0 aromatic heterocycles. The third kappa shape index (κ3) is 5.30. The lowest BCUT2D eigenvalue weighted by molar-refractivity contribution is -0.137. The van der Waals surface area contributed by atoms with Gasteiger partial charge < -0.3 is 9.47 Å². The van der Waals surface area contributed by atoms with E-state index in [1.165, 1.54) is 6.08 Å². The summed E-state index contributed by atoms with van der Waals surface area (Å²) in [4.78, 5) is 24.0. The predicted molar refractivity (Wildman–Crippen MR) is 96.0 cm³/mol. The van der Waals surface area contributed by atoms with Crippen LogP contribution in [0.5, 0.6) is 5.75 Å². The number of esters is 1. The zero-order chi connectivity index (χ0) is 18.2. The molecule has 2 aromatic carbocycles. The summed E-state index contributed by atoms with van der Waals surface area (Å²) in [6.45, 7) is -0.428. The number of hydrogen-bond donors (Lipinski definition) is 0. The van der Waals surface area contributed by atoms with Crippen molar-refractivity contribution in [2.75, 3.05) is 13.7 Å². The van der Waals surface area contributed by atoms with Gasteiger partial charge in [0.15, 0.2) is 12.4 Å². The van der Waals surface area contributed by atoms with Crippen LogP contribution < -0.4 is 4.74 Å². The van der Waals surface area contributed by atoms with Crippen LogP contribution in [0, 0.1) is 11.3 Å². The number of carbonyl (C=O) groups is 2. The van der Waals surface area contributed by atoms with E-state index < -0.39 is 12.6 Å². The van der Waals surface area contributed by atoms with E-state index in [1.54, 1.807) is 61.7 Å². The zero-order valence-electron chi connectivity index (χ0n) is 13.4. The second kappa shape index (κ2) is 8.81. The zero-order valence-corrected chi connectivity index (χ0v) is 14.9. The molecule has 0 atom stereocenters. The summed E-state index contributed by atoms with van der Waals surface area (Å²) in [5.74, 6) is -0.523. The fourth-order valence-electron chi connectivity index (χ4n) is 1.93. The van der Waals surface area contributed by atoms with Gasteiger partial charge in [0.2, 0.25) is 0 Å². The molecule has 6 heteroatoms. The van der Waals surface area contributed by atoms with E-state index in [0.29, 0.717) is 16.9 Å². The molecule has 0 bridgehead atoms. The Hall–Kier alpha value is -2.91. The highest BCUT2D eigenvalue weighted by Gasteiger charge is 2.14. The molecule has 0 aliphatic rings. The van der Waals surface area contributed by atoms with Crippen LogP contribution in [0.1, 0.15) is 15.9 Å². The largest absolute Gasteiger partial charge is 0.497 e. The molecule has 0 amide bonds. The normalized spacial score (nSPS) is 10.7. The molecule has 0 spiro atoms. The molecule has 2 rings (SSSR count). The first-order valence-electron chi connectivity index (χ1n) is 7.25. The molecule has 0 saturated heterocycles. The van der Waals surface area contributed by atoms with Crippen molar-refractivity contribution in [1.29, 1.82) is 5.26 Å². The summed E-state index contributed by atoms with van der Waals surface area (Å²) in [5.41, 5.74) is 0.885. The predicted octanol–water partition coefficient (Wildman–Crippen LogP) is 3.79. The maximum absolute atomic E-state index is 12.0. The molecular formula is C19H14BrNO4. The lowest BCUT2D eigenvalue weighted by atomic mass is 10.1. The van der Waals surface area contributed by atoms with Gasteiger partial charge in [-0.05, 0) is 35.9 Å². The first-order valence-corrected chi connectivity index (χ1v) is 8.04. The number of ketones is 1. The Morgan fingerprint density at radius 2 is 1.76 bits per heavy atom. The van der Waals surface area contributed by atoms with Gasteiger partial charge >= 0.3 is 5.97 Å². The van der Waals surface area contributed by atoms with Crippen molar-refractivity contribution in [1.82, 2.24) is 0 Å². The number of ether oxygens (including phenoxy) is 2. The number of carbonyl (C=O) groups excluding carboxylic acids is 2.